The maximum atomic E-state index is 13.5. The van der Waals surface area contributed by atoms with E-state index in [4.69, 9.17) is 0 Å². The maximum absolute atomic E-state index is 13.5. The van der Waals surface area contributed by atoms with Crippen LogP contribution in [-0.2, 0) is 0 Å². The highest BCUT2D eigenvalue weighted by molar-refractivity contribution is 6.05. The highest BCUT2D eigenvalue weighted by Gasteiger charge is 2.12. The van der Waals surface area contributed by atoms with Crippen molar-refractivity contribution in [3.05, 3.63) is 58.9 Å². The van der Waals surface area contributed by atoms with Crippen molar-refractivity contribution in [2.75, 3.05) is 17.2 Å². The largest absolute Gasteiger partial charge is 0.385 e. The molecule has 2 rings (SSSR count). The zero-order valence-electron chi connectivity index (χ0n) is 12.5. The number of carbonyl (C=O) groups is 1. The Morgan fingerprint density at radius 2 is 1.95 bits per heavy atom. The zero-order chi connectivity index (χ0) is 15.4. The van der Waals surface area contributed by atoms with E-state index in [2.05, 4.69) is 10.6 Å². The van der Waals surface area contributed by atoms with E-state index < -0.39 is 0 Å². The van der Waals surface area contributed by atoms with Crippen LogP contribution in [0.25, 0.3) is 0 Å². The fourth-order valence-corrected chi connectivity index (χ4v) is 2.17. The van der Waals surface area contributed by atoms with Crippen LogP contribution < -0.4 is 10.6 Å². The fourth-order valence-electron chi connectivity index (χ4n) is 2.17. The van der Waals surface area contributed by atoms with Gasteiger partial charge in [-0.25, -0.2) is 4.39 Å². The minimum Gasteiger partial charge on any atom is -0.385 e. The first kappa shape index (κ1) is 15.0. The van der Waals surface area contributed by atoms with E-state index >= 15 is 0 Å². The quantitative estimate of drug-likeness (QED) is 0.887. The van der Waals surface area contributed by atoms with E-state index in [1.165, 1.54) is 6.07 Å². The lowest BCUT2D eigenvalue weighted by Crippen LogP contribution is -2.14. The molecule has 0 aliphatic heterocycles. The van der Waals surface area contributed by atoms with Crippen molar-refractivity contribution in [1.29, 1.82) is 0 Å². The van der Waals surface area contributed by atoms with Crippen LogP contribution in [0.1, 0.15) is 28.4 Å². The minimum atomic E-state index is -0.327. The fraction of sp³-hybridized carbons (Fsp3) is 0.235. The summed E-state index contributed by atoms with van der Waals surface area (Å²) in [5.41, 5.74) is 3.37. The average Bonchev–Trinajstić information content (AvgIpc) is 2.44. The van der Waals surface area contributed by atoms with Gasteiger partial charge in [-0.15, -0.1) is 0 Å². The third kappa shape index (κ3) is 3.40. The molecule has 2 aromatic carbocycles. The van der Waals surface area contributed by atoms with Gasteiger partial charge in [0.2, 0.25) is 0 Å². The standard InChI is InChI=1S/C17H19FN2O/c1-4-19-13-8-9-14(11(2)10-13)17(21)20-16-7-5-6-15(18)12(16)3/h5-10,19H,4H2,1-3H3,(H,20,21). The number of rotatable bonds is 4. The second-order valence-corrected chi connectivity index (χ2v) is 4.93. The Kier molecular flexibility index (Phi) is 4.58. The molecule has 0 aliphatic carbocycles. The molecular weight excluding hydrogens is 267 g/mol. The second-order valence-electron chi connectivity index (χ2n) is 4.93. The van der Waals surface area contributed by atoms with Gasteiger partial charge in [0.25, 0.3) is 5.91 Å². The summed E-state index contributed by atoms with van der Waals surface area (Å²) in [6.07, 6.45) is 0. The maximum Gasteiger partial charge on any atom is 0.255 e. The SMILES string of the molecule is CCNc1ccc(C(=O)Nc2cccc(F)c2C)c(C)c1. The molecule has 4 heteroatoms. The van der Waals surface area contributed by atoms with E-state index in [0.717, 1.165) is 17.8 Å². The summed E-state index contributed by atoms with van der Waals surface area (Å²) < 4.78 is 13.5. The number of amides is 1. The van der Waals surface area contributed by atoms with E-state index in [1.807, 2.05) is 26.0 Å². The number of hydrogen-bond acceptors (Lipinski definition) is 2. The average molecular weight is 286 g/mol. The summed E-state index contributed by atoms with van der Waals surface area (Å²) >= 11 is 0. The minimum absolute atomic E-state index is 0.232. The highest BCUT2D eigenvalue weighted by atomic mass is 19.1. The van der Waals surface area contributed by atoms with Crippen molar-refractivity contribution in [2.45, 2.75) is 20.8 Å². The molecule has 3 nitrogen and oxygen atoms in total. The van der Waals surface area contributed by atoms with Crippen molar-refractivity contribution in [1.82, 2.24) is 0 Å². The van der Waals surface area contributed by atoms with Crippen molar-refractivity contribution in [2.24, 2.45) is 0 Å². The molecule has 0 saturated carbocycles. The molecule has 2 N–H and O–H groups in total. The molecule has 2 aromatic rings. The highest BCUT2D eigenvalue weighted by Crippen LogP contribution is 2.20. The first-order valence-electron chi connectivity index (χ1n) is 6.94. The van der Waals surface area contributed by atoms with E-state index in [9.17, 15) is 9.18 Å². The molecule has 1 amide bonds. The summed E-state index contributed by atoms with van der Waals surface area (Å²) in [6, 6.07) is 10.2. The molecule has 110 valence electrons. The molecule has 0 unspecified atom stereocenters. The van der Waals surface area contributed by atoms with Gasteiger partial charge >= 0.3 is 0 Å². The molecule has 21 heavy (non-hydrogen) atoms. The van der Waals surface area contributed by atoms with Crippen LogP contribution >= 0.6 is 0 Å². The van der Waals surface area contributed by atoms with E-state index in [-0.39, 0.29) is 11.7 Å². The lowest BCUT2D eigenvalue weighted by Gasteiger charge is -2.12. The van der Waals surface area contributed by atoms with Crippen molar-refractivity contribution < 1.29 is 9.18 Å². The van der Waals surface area contributed by atoms with Gasteiger partial charge in [-0.3, -0.25) is 4.79 Å². The van der Waals surface area contributed by atoms with Gasteiger partial charge in [-0.2, -0.15) is 0 Å². The summed E-state index contributed by atoms with van der Waals surface area (Å²) in [4.78, 5) is 12.3. The van der Waals surface area contributed by atoms with Crippen LogP contribution in [0.3, 0.4) is 0 Å². The third-order valence-electron chi connectivity index (χ3n) is 3.37. The van der Waals surface area contributed by atoms with Gasteiger partial charge in [0.05, 0.1) is 0 Å². The van der Waals surface area contributed by atoms with Gasteiger partial charge in [0, 0.05) is 29.0 Å². The molecule has 0 radical (unpaired) electrons. The second kappa shape index (κ2) is 6.39. The van der Waals surface area contributed by atoms with Crippen molar-refractivity contribution in [3.8, 4) is 0 Å². The van der Waals surface area contributed by atoms with Crippen molar-refractivity contribution in [3.63, 3.8) is 0 Å². The molecule has 0 aliphatic rings. The smallest absolute Gasteiger partial charge is 0.255 e. The molecule has 0 bridgehead atoms. The molecule has 0 aromatic heterocycles. The van der Waals surface area contributed by atoms with Crippen LogP contribution in [0.15, 0.2) is 36.4 Å². The lowest BCUT2D eigenvalue weighted by molar-refractivity contribution is 0.102. The molecular formula is C17H19FN2O. The van der Waals surface area contributed by atoms with Crippen LogP contribution in [-0.4, -0.2) is 12.5 Å². The normalized spacial score (nSPS) is 10.3. The molecule has 0 saturated heterocycles. The Bertz CT molecular complexity index is 668. The number of anilines is 2. The Morgan fingerprint density at radius 3 is 2.62 bits per heavy atom. The number of hydrogen-bond donors (Lipinski definition) is 2. The number of carbonyl (C=O) groups excluding carboxylic acids is 1. The monoisotopic (exact) mass is 286 g/mol. The van der Waals surface area contributed by atoms with Crippen LogP contribution in [0.5, 0.6) is 0 Å². The predicted molar refractivity (Wildman–Crippen MR) is 84.4 cm³/mol. The van der Waals surface area contributed by atoms with Gasteiger partial charge in [-0.05, 0) is 56.7 Å². The first-order valence-corrected chi connectivity index (χ1v) is 6.94. The summed E-state index contributed by atoms with van der Waals surface area (Å²) in [5, 5.41) is 5.96. The first-order chi connectivity index (χ1) is 10.0. The molecule has 0 fully saturated rings. The molecule has 0 heterocycles. The molecule has 0 atom stereocenters. The zero-order valence-corrected chi connectivity index (χ0v) is 12.5. The number of aryl methyl sites for hydroxylation is 1. The van der Waals surface area contributed by atoms with E-state index in [0.29, 0.717) is 16.8 Å². The molecule has 0 spiro atoms. The third-order valence-corrected chi connectivity index (χ3v) is 3.37. The predicted octanol–water partition coefficient (Wildman–Crippen LogP) is 4.13. The van der Waals surface area contributed by atoms with Gasteiger partial charge in [0.1, 0.15) is 5.82 Å². The number of nitrogens with one attached hydrogen (secondary N) is 2. The van der Waals surface area contributed by atoms with Gasteiger partial charge < -0.3 is 10.6 Å². The lowest BCUT2D eigenvalue weighted by atomic mass is 10.1. The summed E-state index contributed by atoms with van der Waals surface area (Å²) in [6.45, 7) is 6.37. The van der Waals surface area contributed by atoms with E-state index in [1.54, 1.807) is 25.1 Å². The Morgan fingerprint density at radius 1 is 1.19 bits per heavy atom. The summed E-state index contributed by atoms with van der Waals surface area (Å²) in [7, 11) is 0. The Hall–Kier alpha value is -2.36. The Labute approximate surface area is 124 Å². The number of halogens is 1. The van der Waals surface area contributed by atoms with Gasteiger partial charge in [-0.1, -0.05) is 6.07 Å². The van der Waals surface area contributed by atoms with Crippen molar-refractivity contribution >= 4 is 17.3 Å². The van der Waals surface area contributed by atoms with Crippen LogP contribution in [0, 0.1) is 19.7 Å². The van der Waals surface area contributed by atoms with Crippen LogP contribution in [0.2, 0.25) is 0 Å². The van der Waals surface area contributed by atoms with Gasteiger partial charge in [0.15, 0.2) is 0 Å². The van der Waals surface area contributed by atoms with Crippen LogP contribution in [0.4, 0.5) is 15.8 Å². The Balaban J connectivity index is 2.22. The summed E-state index contributed by atoms with van der Waals surface area (Å²) in [5.74, 6) is -0.559. The number of benzene rings is 2. The topological polar surface area (TPSA) is 41.1 Å².